The van der Waals surface area contributed by atoms with Crippen molar-refractivity contribution in [2.24, 2.45) is 0 Å². The van der Waals surface area contributed by atoms with Crippen molar-refractivity contribution in [3.63, 3.8) is 0 Å². The molecule has 0 aromatic heterocycles. The van der Waals surface area contributed by atoms with Crippen molar-refractivity contribution < 1.29 is 0 Å². The maximum absolute atomic E-state index is 2.12. The molecule has 0 radical (unpaired) electrons. The van der Waals surface area contributed by atoms with Gasteiger partial charge in [-0.1, -0.05) is 18.2 Å². The highest BCUT2D eigenvalue weighted by Gasteiger charge is 1.99. The Bertz CT molecular complexity index is 207. The summed E-state index contributed by atoms with van der Waals surface area (Å²) in [4.78, 5) is 2.06. The smallest absolute Gasteiger partial charge is 0.00613 e. The van der Waals surface area contributed by atoms with E-state index >= 15 is 0 Å². The first-order valence-corrected chi connectivity index (χ1v) is 3.44. The first-order chi connectivity index (χ1) is 4.70. The lowest BCUT2D eigenvalue weighted by Crippen LogP contribution is -2.01. The fourth-order valence-electron chi connectivity index (χ4n) is 0.947. The maximum atomic E-state index is 2.12. The molecule has 1 heteroatoms. The topological polar surface area (TPSA) is 3.24 Å². The summed E-state index contributed by atoms with van der Waals surface area (Å²) in [7, 11) is 4.07. The van der Waals surface area contributed by atoms with E-state index in [1.165, 1.54) is 11.1 Å². The molecular formula is C9H13N. The van der Waals surface area contributed by atoms with Crippen LogP contribution in [0.1, 0.15) is 6.92 Å². The average molecular weight is 135 g/mol. The molecular weight excluding hydrogens is 122 g/mol. The minimum atomic E-state index is 1.31. The largest absolute Gasteiger partial charge is 0.383 e. The van der Waals surface area contributed by atoms with Crippen molar-refractivity contribution in [3.05, 3.63) is 35.6 Å². The van der Waals surface area contributed by atoms with Gasteiger partial charge in [0.1, 0.15) is 0 Å². The van der Waals surface area contributed by atoms with Crippen molar-refractivity contribution in [2.45, 2.75) is 6.92 Å². The number of hydrogen-bond donors (Lipinski definition) is 0. The van der Waals surface area contributed by atoms with Crippen molar-refractivity contribution in [3.8, 4) is 0 Å². The molecule has 0 unspecified atom stereocenters. The monoisotopic (exact) mass is 135 g/mol. The lowest BCUT2D eigenvalue weighted by atomic mass is 10.2. The first-order valence-electron chi connectivity index (χ1n) is 3.44. The molecule has 10 heavy (non-hydrogen) atoms. The molecule has 0 amide bonds. The highest BCUT2D eigenvalue weighted by Crippen LogP contribution is 2.16. The third-order valence-corrected chi connectivity index (χ3v) is 1.47. The quantitative estimate of drug-likeness (QED) is 0.531. The van der Waals surface area contributed by atoms with E-state index in [-0.39, 0.29) is 0 Å². The van der Waals surface area contributed by atoms with E-state index in [1.54, 1.807) is 0 Å². The predicted molar refractivity (Wildman–Crippen MR) is 44.7 cm³/mol. The molecule has 0 bridgehead atoms. The molecule has 1 nitrogen and oxygen atoms in total. The fraction of sp³-hybridized carbons (Fsp3) is 0.333. The van der Waals surface area contributed by atoms with E-state index in [9.17, 15) is 0 Å². The van der Waals surface area contributed by atoms with Crippen LogP contribution in [0.25, 0.3) is 0 Å². The van der Waals surface area contributed by atoms with Gasteiger partial charge in [0.05, 0.1) is 0 Å². The van der Waals surface area contributed by atoms with Crippen LogP contribution in [0, 0.1) is 0 Å². The lowest BCUT2D eigenvalue weighted by Gasteiger charge is -2.06. The molecule has 0 fully saturated rings. The van der Waals surface area contributed by atoms with Gasteiger partial charge in [0.15, 0.2) is 0 Å². The molecule has 54 valence electrons. The van der Waals surface area contributed by atoms with Crippen LogP contribution in [0.3, 0.4) is 0 Å². The third-order valence-electron chi connectivity index (χ3n) is 1.47. The van der Waals surface area contributed by atoms with Gasteiger partial charge in [0.2, 0.25) is 0 Å². The molecule has 0 heterocycles. The zero-order chi connectivity index (χ0) is 7.56. The second kappa shape index (κ2) is 2.74. The van der Waals surface area contributed by atoms with Gasteiger partial charge in [-0.15, -0.1) is 0 Å². The standard InChI is InChI=1S/C9H13N/c1-8-5-4-6-9(8)7-10(2)3/h4-7H,1-3H3. The molecule has 0 saturated carbocycles. The zero-order valence-corrected chi connectivity index (χ0v) is 6.76. The highest BCUT2D eigenvalue weighted by atomic mass is 15.0. The summed E-state index contributed by atoms with van der Waals surface area (Å²) in [5.74, 6) is 0. The van der Waals surface area contributed by atoms with Gasteiger partial charge in [-0.2, -0.15) is 0 Å². The second-order valence-corrected chi connectivity index (χ2v) is 2.76. The molecule has 0 aromatic rings. The van der Waals surface area contributed by atoms with Crippen LogP contribution in [0.2, 0.25) is 0 Å². The summed E-state index contributed by atoms with van der Waals surface area (Å²) in [5.41, 5.74) is 2.65. The summed E-state index contributed by atoms with van der Waals surface area (Å²) >= 11 is 0. The van der Waals surface area contributed by atoms with Gasteiger partial charge in [-0.05, 0) is 18.1 Å². The Kier molecular flexibility index (Phi) is 1.95. The van der Waals surface area contributed by atoms with Crippen LogP contribution in [0.4, 0.5) is 0 Å². The van der Waals surface area contributed by atoms with Gasteiger partial charge >= 0.3 is 0 Å². The van der Waals surface area contributed by atoms with Crippen LogP contribution >= 0.6 is 0 Å². The van der Waals surface area contributed by atoms with Crippen molar-refractivity contribution in [1.82, 2.24) is 4.90 Å². The molecule has 0 saturated heterocycles. The number of nitrogens with zero attached hydrogens (tertiary/aromatic N) is 1. The van der Waals surface area contributed by atoms with Gasteiger partial charge in [0, 0.05) is 20.3 Å². The number of rotatable bonds is 1. The average Bonchev–Trinajstić information content (AvgIpc) is 2.15. The summed E-state index contributed by atoms with van der Waals surface area (Å²) in [6.07, 6.45) is 8.44. The van der Waals surface area contributed by atoms with E-state index in [4.69, 9.17) is 0 Å². The highest BCUT2D eigenvalue weighted by molar-refractivity contribution is 5.46. The Hall–Kier alpha value is -0.980. The van der Waals surface area contributed by atoms with Crippen molar-refractivity contribution in [1.29, 1.82) is 0 Å². The van der Waals surface area contributed by atoms with Crippen molar-refractivity contribution >= 4 is 0 Å². The van der Waals surface area contributed by atoms with Gasteiger partial charge in [0.25, 0.3) is 0 Å². The predicted octanol–water partition coefficient (Wildman–Crippen LogP) is 1.95. The van der Waals surface area contributed by atoms with E-state index in [2.05, 4.69) is 36.3 Å². The Morgan fingerprint density at radius 3 is 2.50 bits per heavy atom. The summed E-state index contributed by atoms with van der Waals surface area (Å²) in [5, 5.41) is 0. The van der Waals surface area contributed by atoms with Gasteiger partial charge < -0.3 is 4.90 Å². The van der Waals surface area contributed by atoms with Crippen molar-refractivity contribution in [2.75, 3.05) is 14.1 Å². The van der Waals surface area contributed by atoms with Gasteiger partial charge in [-0.3, -0.25) is 0 Å². The second-order valence-electron chi connectivity index (χ2n) is 2.76. The van der Waals surface area contributed by atoms with Crippen LogP contribution in [0.15, 0.2) is 35.6 Å². The van der Waals surface area contributed by atoms with E-state index < -0.39 is 0 Å². The molecule has 1 aliphatic rings. The molecule has 0 aromatic carbocycles. The Balaban J connectivity index is 2.75. The van der Waals surface area contributed by atoms with Crippen LogP contribution in [0.5, 0.6) is 0 Å². The molecule has 0 spiro atoms. The molecule has 1 aliphatic carbocycles. The third kappa shape index (κ3) is 1.50. The minimum Gasteiger partial charge on any atom is -0.383 e. The van der Waals surface area contributed by atoms with Crippen LogP contribution < -0.4 is 0 Å². The maximum Gasteiger partial charge on any atom is 0.00613 e. The van der Waals surface area contributed by atoms with Crippen LogP contribution in [-0.4, -0.2) is 19.0 Å². The number of hydrogen-bond acceptors (Lipinski definition) is 1. The minimum absolute atomic E-state index is 1.31. The van der Waals surface area contributed by atoms with E-state index in [0.717, 1.165) is 0 Å². The summed E-state index contributed by atoms with van der Waals surface area (Å²) in [6, 6.07) is 0. The Labute approximate surface area is 62.3 Å². The van der Waals surface area contributed by atoms with Crippen LogP contribution in [-0.2, 0) is 0 Å². The summed E-state index contributed by atoms with van der Waals surface area (Å²) in [6.45, 7) is 2.12. The first kappa shape index (κ1) is 7.13. The Morgan fingerprint density at radius 2 is 2.10 bits per heavy atom. The number of allylic oxidation sites excluding steroid dienone is 5. The SMILES string of the molecule is CC1=CC=CC1=CN(C)C. The fourth-order valence-corrected chi connectivity index (χ4v) is 0.947. The molecule has 1 rings (SSSR count). The molecule has 0 aliphatic heterocycles. The lowest BCUT2D eigenvalue weighted by molar-refractivity contribution is 0.561. The van der Waals surface area contributed by atoms with E-state index in [0.29, 0.717) is 0 Å². The van der Waals surface area contributed by atoms with E-state index in [1.807, 2.05) is 14.1 Å². The summed E-state index contributed by atoms with van der Waals surface area (Å²) < 4.78 is 0. The zero-order valence-electron chi connectivity index (χ0n) is 6.76. The molecule has 0 N–H and O–H groups in total. The Morgan fingerprint density at radius 1 is 1.40 bits per heavy atom. The van der Waals surface area contributed by atoms with Gasteiger partial charge in [-0.25, -0.2) is 0 Å². The normalized spacial score (nSPS) is 19.9. The molecule has 0 atom stereocenters.